The minimum atomic E-state index is 0.236. The van der Waals surface area contributed by atoms with E-state index in [0.29, 0.717) is 11.3 Å². The highest BCUT2D eigenvalue weighted by molar-refractivity contribution is 5.50. The van der Waals surface area contributed by atoms with E-state index < -0.39 is 0 Å². The third-order valence-corrected chi connectivity index (χ3v) is 4.75. The summed E-state index contributed by atoms with van der Waals surface area (Å²) in [7, 11) is 0. The van der Waals surface area contributed by atoms with E-state index >= 15 is 0 Å². The lowest BCUT2D eigenvalue weighted by molar-refractivity contribution is 0.437. The molecule has 1 atom stereocenters. The molecule has 120 valence electrons. The van der Waals surface area contributed by atoms with E-state index in [9.17, 15) is 0 Å². The first-order chi connectivity index (χ1) is 10.2. The van der Waals surface area contributed by atoms with Crippen molar-refractivity contribution in [1.82, 2.24) is 0 Å². The van der Waals surface area contributed by atoms with Gasteiger partial charge in [-0.2, -0.15) is 0 Å². The van der Waals surface area contributed by atoms with E-state index in [-0.39, 0.29) is 5.41 Å². The van der Waals surface area contributed by atoms with Crippen molar-refractivity contribution in [3.8, 4) is 0 Å². The van der Waals surface area contributed by atoms with E-state index in [1.54, 1.807) is 5.57 Å². The van der Waals surface area contributed by atoms with Gasteiger partial charge in [-0.25, -0.2) is 0 Å². The van der Waals surface area contributed by atoms with Crippen molar-refractivity contribution in [2.24, 2.45) is 11.3 Å². The summed E-state index contributed by atoms with van der Waals surface area (Å²) in [6.45, 7) is 13.8. The van der Waals surface area contributed by atoms with Gasteiger partial charge in [0.25, 0.3) is 0 Å². The van der Waals surface area contributed by atoms with Gasteiger partial charge in [0.05, 0.1) is 0 Å². The maximum atomic E-state index is 2.47. The molecule has 0 aromatic heterocycles. The number of hydrogen-bond acceptors (Lipinski definition) is 0. The molecule has 0 bridgehead atoms. The van der Waals surface area contributed by atoms with Gasteiger partial charge in [0.15, 0.2) is 0 Å². The van der Waals surface area contributed by atoms with Crippen molar-refractivity contribution >= 4 is 6.08 Å². The first-order valence-electron chi connectivity index (χ1n) is 8.64. The first kappa shape index (κ1) is 17.1. The zero-order valence-electron chi connectivity index (χ0n) is 15.2. The smallest absolute Gasteiger partial charge is 0.0132 e. The molecule has 22 heavy (non-hydrogen) atoms. The topological polar surface area (TPSA) is 0 Å². The van der Waals surface area contributed by atoms with Crippen molar-refractivity contribution in [2.75, 3.05) is 0 Å². The van der Waals surface area contributed by atoms with E-state index in [1.807, 2.05) is 0 Å². The standard InChI is InChI=1S/C22H32/c1-21(2,3)19-13-9-17(10-14-19)7-8-18-11-15-20(16-12-18)22(4,5)6/h7-10,13-15,18H,11-12,16H2,1-6H3. The van der Waals surface area contributed by atoms with Crippen molar-refractivity contribution in [2.45, 2.75) is 66.2 Å². The molecule has 1 unspecified atom stereocenters. The molecule has 0 spiro atoms. The minimum Gasteiger partial charge on any atom is -0.0842 e. The summed E-state index contributed by atoms with van der Waals surface area (Å²) in [5.74, 6) is 0.702. The number of benzene rings is 1. The van der Waals surface area contributed by atoms with Gasteiger partial charge in [0.1, 0.15) is 0 Å². The average molecular weight is 296 g/mol. The molecular weight excluding hydrogens is 264 g/mol. The monoisotopic (exact) mass is 296 g/mol. The molecule has 0 fully saturated rings. The highest BCUT2D eigenvalue weighted by Crippen LogP contribution is 2.35. The Morgan fingerprint density at radius 2 is 1.55 bits per heavy atom. The molecule has 1 aromatic rings. The van der Waals surface area contributed by atoms with Crippen LogP contribution in [0.5, 0.6) is 0 Å². The van der Waals surface area contributed by atoms with Crippen LogP contribution in [-0.4, -0.2) is 0 Å². The lowest BCUT2D eigenvalue weighted by Gasteiger charge is -2.28. The Kier molecular flexibility index (Phi) is 5.00. The molecular formula is C22H32. The SMILES string of the molecule is CC(C)(C)C1=CCC(C=Cc2ccc(C(C)(C)C)cc2)CC1. The third kappa shape index (κ3) is 4.60. The van der Waals surface area contributed by atoms with Crippen molar-refractivity contribution in [3.63, 3.8) is 0 Å². The Hall–Kier alpha value is -1.30. The minimum absolute atomic E-state index is 0.236. The normalized spacial score (nSPS) is 20.3. The van der Waals surface area contributed by atoms with Gasteiger partial charge in [-0.15, -0.1) is 0 Å². The van der Waals surface area contributed by atoms with Crippen LogP contribution in [0.15, 0.2) is 42.0 Å². The zero-order chi connectivity index (χ0) is 16.4. The van der Waals surface area contributed by atoms with E-state index in [0.717, 1.165) is 0 Å². The van der Waals surface area contributed by atoms with Crippen LogP contribution in [-0.2, 0) is 5.41 Å². The number of rotatable bonds is 2. The van der Waals surface area contributed by atoms with Crippen molar-refractivity contribution < 1.29 is 0 Å². The lowest BCUT2D eigenvalue weighted by Crippen LogP contribution is -2.14. The molecule has 0 radical (unpaired) electrons. The van der Waals surface area contributed by atoms with Gasteiger partial charge in [-0.05, 0) is 47.1 Å². The fourth-order valence-electron chi connectivity index (χ4n) is 3.05. The van der Waals surface area contributed by atoms with E-state index in [2.05, 4.69) is 84.0 Å². The molecule has 0 saturated carbocycles. The molecule has 0 amide bonds. The van der Waals surface area contributed by atoms with Gasteiger partial charge >= 0.3 is 0 Å². The fourth-order valence-corrected chi connectivity index (χ4v) is 3.05. The van der Waals surface area contributed by atoms with E-state index in [4.69, 9.17) is 0 Å². The second-order valence-electron chi connectivity index (χ2n) is 8.74. The largest absolute Gasteiger partial charge is 0.0842 e. The summed E-state index contributed by atoms with van der Waals surface area (Å²) in [6.07, 6.45) is 10.9. The van der Waals surface area contributed by atoms with Crippen LogP contribution in [0, 0.1) is 11.3 Å². The van der Waals surface area contributed by atoms with Crippen LogP contribution in [0.3, 0.4) is 0 Å². The molecule has 1 aromatic carbocycles. The molecule has 0 N–H and O–H groups in total. The predicted molar refractivity (Wildman–Crippen MR) is 99.1 cm³/mol. The number of hydrogen-bond donors (Lipinski definition) is 0. The Bertz CT molecular complexity index is 541. The predicted octanol–water partition coefficient (Wildman–Crippen LogP) is 6.77. The van der Waals surface area contributed by atoms with Gasteiger partial charge in [0.2, 0.25) is 0 Å². The summed E-state index contributed by atoms with van der Waals surface area (Å²) >= 11 is 0. The average Bonchev–Trinajstić information content (AvgIpc) is 2.44. The lowest BCUT2D eigenvalue weighted by atomic mass is 9.77. The summed E-state index contributed by atoms with van der Waals surface area (Å²) in [5.41, 5.74) is 4.93. The molecule has 0 heterocycles. The van der Waals surface area contributed by atoms with Gasteiger partial charge in [0, 0.05) is 0 Å². The molecule has 1 aliphatic rings. The Morgan fingerprint density at radius 3 is 2.00 bits per heavy atom. The van der Waals surface area contributed by atoms with Gasteiger partial charge < -0.3 is 0 Å². The first-order valence-corrected chi connectivity index (χ1v) is 8.64. The van der Waals surface area contributed by atoms with Crippen molar-refractivity contribution in [1.29, 1.82) is 0 Å². The zero-order valence-corrected chi connectivity index (χ0v) is 15.2. The molecule has 0 aliphatic heterocycles. The summed E-state index contributed by atoms with van der Waals surface area (Å²) in [6, 6.07) is 9.02. The van der Waals surface area contributed by atoms with Crippen LogP contribution in [0.4, 0.5) is 0 Å². The molecule has 0 saturated heterocycles. The quantitative estimate of drug-likeness (QED) is 0.528. The number of allylic oxidation sites excluding steroid dienone is 3. The molecule has 2 rings (SSSR count). The van der Waals surface area contributed by atoms with Crippen LogP contribution < -0.4 is 0 Å². The third-order valence-electron chi connectivity index (χ3n) is 4.75. The van der Waals surface area contributed by atoms with Crippen LogP contribution in [0.25, 0.3) is 6.08 Å². The second-order valence-corrected chi connectivity index (χ2v) is 8.74. The highest BCUT2D eigenvalue weighted by Gasteiger charge is 2.21. The highest BCUT2D eigenvalue weighted by atomic mass is 14.3. The summed E-state index contributed by atoms with van der Waals surface area (Å²) in [4.78, 5) is 0. The van der Waals surface area contributed by atoms with E-state index in [1.165, 1.54) is 30.4 Å². The summed E-state index contributed by atoms with van der Waals surface area (Å²) < 4.78 is 0. The van der Waals surface area contributed by atoms with Crippen LogP contribution in [0.1, 0.15) is 71.9 Å². The molecule has 1 aliphatic carbocycles. The van der Waals surface area contributed by atoms with Gasteiger partial charge in [-0.3, -0.25) is 0 Å². The second kappa shape index (κ2) is 6.44. The Labute approximate surface area is 137 Å². The van der Waals surface area contributed by atoms with Crippen LogP contribution >= 0.6 is 0 Å². The Morgan fingerprint density at radius 1 is 0.909 bits per heavy atom. The van der Waals surface area contributed by atoms with Crippen LogP contribution in [0.2, 0.25) is 0 Å². The fraction of sp³-hybridized carbons (Fsp3) is 0.545. The van der Waals surface area contributed by atoms with Gasteiger partial charge in [-0.1, -0.05) is 89.6 Å². The molecule has 0 nitrogen and oxygen atoms in total. The van der Waals surface area contributed by atoms with Crippen molar-refractivity contribution in [3.05, 3.63) is 53.1 Å². The Balaban J connectivity index is 1.98. The maximum absolute atomic E-state index is 2.47. The molecule has 0 heteroatoms. The maximum Gasteiger partial charge on any atom is -0.0132 e. The summed E-state index contributed by atoms with van der Waals surface area (Å²) in [5, 5.41) is 0.